The molecule has 1 aromatic rings. The Morgan fingerprint density at radius 3 is 2.93 bits per heavy atom. The van der Waals surface area contributed by atoms with Crippen molar-refractivity contribution in [3.8, 4) is 11.5 Å². The quantitative estimate of drug-likeness (QED) is 0.767. The van der Waals surface area contributed by atoms with Gasteiger partial charge in [-0.2, -0.15) is 5.10 Å². The molecule has 9 heteroatoms. The van der Waals surface area contributed by atoms with E-state index in [1.54, 1.807) is 30.2 Å². The second-order valence-corrected chi connectivity index (χ2v) is 7.25. The highest BCUT2D eigenvalue weighted by molar-refractivity contribution is 6.39. The van der Waals surface area contributed by atoms with Crippen LogP contribution in [0.25, 0.3) is 0 Å². The summed E-state index contributed by atoms with van der Waals surface area (Å²) >= 11 is 0. The summed E-state index contributed by atoms with van der Waals surface area (Å²) in [4.78, 5) is 38.3. The van der Waals surface area contributed by atoms with Crippen molar-refractivity contribution in [1.82, 2.24) is 15.6 Å². The molecule has 0 saturated carbocycles. The monoisotopic (exact) mass is 386 g/mol. The molecule has 1 spiro atoms. The van der Waals surface area contributed by atoms with Crippen molar-refractivity contribution >= 4 is 23.4 Å². The molecule has 1 unspecified atom stereocenters. The van der Waals surface area contributed by atoms with Crippen LogP contribution >= 0.6 is 0 Å². The van der Waals surface area contributed by atoms with Gasteiger partial charge in [0.05, 0.1) is 25.8 Å². The summed E-state index contributed by atoms with van der Waals surface area (Å²) < 4.78 is 11.6. The topological polar surface area (TPSA) is 109 Å². The van der Waals surface area contributed by atoms with E-state index in [0.29, 0.717) is 55.3 Å². The van der Waals surface area contributed by atoms with Crippen LogP contribution in [0.1, 0.15) is 36.0 Å². The lowest BCUT2D eigenvalue weighted by Crippen LogP contribution is -2.59. The molecular formula is C19H22N4O5. The van der Waals surface area contributed by atoms with Gasteiger partial charge in [0.2, 0.25) is 5.91 Å². The molecule has 28 heavy (non-hydrogen) atoms. The van der Waals surface area contributed by atoms with Gasteiger partial charge in [0.25, 0.3) is 11.8 Å². The first kappa shape index (κ1) is 18.3. The maximum atomic E-state index is 12.9. The Labute approximate surface area is 162 Å². The van der Waals surface area contributed by atoms with Gasteiger partial charge in [-0.05, 0) is 25.0 Å². The Morgan fingerprint density at radius 1 is 1.32 bits per heavy atom. The molecule has 0 radical (unpaired) electrons. The predicted octanol–water partition coefficient (Wildman–Crippen LogP) is 0.445. The number of carbonyl (C=O) groups excluding carboxylic acids is 3. The number of ether oxygens (including phenoxy) is 2. The normalized spacial score (nSPS) is 24.3. The van der Waals surface area contributed by atoms with Gasteiger partial charge in [-0.15, -0.1) is 0 Å². The summed E-state index contributed by atoms with van der Waals surface area (Å²) in [7, 11) is 1.55. The Kier molecular flexibility index (Phi) is 4.66. The molecule has 3 amide bonds. The fraction of sp³-hybridized carbons (Fsp3) is 0.474. The fourth-order valence-electron chi connectivity index (χ4n) is 3.82. The predicted molar refractivity (Wildman–Crippen MR) is 99.3 cm³/mol. The maximum Gasteiger partial charge on any atom is 0.270 e. The third-order valence-corrected chi connectivity index (χ3v) is 5.31. The molecule has 0 aliphatic carbocycles. The van der Waals surface area contributed by atoms with Gasteiger partial charge in [-0.3, -0.25) is 14.4 Å². The first-order valence-electron chi connectivity index (χ1n) is 9.30. The van der Waals surface area contributed by atoms with Crippen molar-refractivity contribution < 1.29 is 23.9 Å². The van der Waals surface area contributed by atoms with Crippen LogP contribution in [0.2, 0.25) is 0 Å². The number of fused-ring (bicyclic) bond motifs is 1. The first-order chi connectivity index (χ1) is 13.5. The van der Waals surface area contributed by atoms with Crippen LogP contribution < -0.4 is 20.2 Å². The van der Waals surface area contributed by atoms with E-state index in [1.165, 1.54) is 0 Å². The van der Waals surface area contributed by atoms with Crippen LogP contribution in [0.3, 0.4) is 0 Å². The molecule has 3 aliphatic heterocycles. The van der Waals surface area contributed by atoms with E-state index in [2.05, 4.69) is 15.8 Å². The molecule has 3 aliphatic rings. The number of hydrogen-bond acceptors (Lipinski definition) is 6. The number of hydrogen-bond donors (Lipinski definition) is 2. The number of piperidine rings is 1. The van der Waals surface area contributed by atoms with Crippen molar-refractivity contribution in [2.45, 2.75) is 31.3 Å². The minimum atomic E-state index is -0.723. The molecule has 4 rings (SSSR count). The molecule has 0 aromatic heterocycles. The lowest BCUT2D eigenvalue weighted by atomic mass is 9.91. The van der Waals surface area contributed by atoms with E-state index in [9.17, 15) is 14.4 Å². The number of carbonyl (C=O) groups is 3. The number of amides is 3. The highest BCUT2D eigenvalue weighted by Gasteiger charge is 2.43. The van der Waals surface area contributed by atoms with Gasteiger partial charge in [-0.25, -0.2) is 5.43 Å². The number of rotatable bonds is 2. The first-order valence-corrected chi connectivity index (χ1v) is 9.30. The average molecular weight is 386 g/mol. The number of likely N-dealkylation sites (tertiary alicyclic amines) is 1. The molecule has 3 heterocycles. The van der Waals surface area contributed by atoms with Gasteiger partial charge in [0.1, 0.15) is 22.8 Å². The Morgan fingerprint density at radius 2 is 2.18 bits per heavy atom. The summed E-state index contributed by atoms with van der Waals surface area (Å²) in [5, 5.41) is 6.82. The van der Waals surface area contributed by atoms with Crippen LogP contribution in [0.4, 0.5) is 0 Å². The molecule has 1 saturated heterocycles. The zero-order valence-corrected chi connectivity index (χ0v) is 15.6. The van der Waals surface area contributed by atoms with Crippen LogP contribution in [0.5, 0.6) is 11.5 Å². The van der Waals surface area contributed by atoms with Crippen LogP contribution in [-0.2, 0) is 9.59 Å². The van der Waals surface area contributed by atoms with Gasteiger partial charge in [0, 0.05) is 25.5 Å². The Balaban J connectivity index is 1.58. The van der Waals surface area contributed by atoms with Gasteiger partial charge in [0.15, 0.2) is 0 Å². The SMILES string of the molecule is COc1ccc2c(c1)OC1(CCCN(C(=O)C3=NNC(=O)CC3)C1)CNC2=O. The second kappa shape index (κ2) is 7.14. The van der Waals surface area contributed by atoms with Crippen LogP contribution in [-0.4, -0.2) is 60.7 Å². The molecule has 1 aromatic carbocycles. The van der Waals surface area contributed by atoms with Crippen molar-refractivity contribution in [2.75, 3.05) is 26.7 Å². The van der Waals surface area contributed by atoms with Crippen LogP contribution in [0, 0.1) is 0 Å². The van der Waals surface area contributed by atoms with Gasteiger partial charge < -0.3 is 19.7 Å². The lowest BCUT2D eigenvalue weighted by molar-refractivity contribution is -0.129. The van der Waals surface area contributed by atoms with E-state index in [4.69, 9.17) is 9.47 Å². The molecule has 9 nitrogen and oxygen atoms in total. The largest absolute Gasteiger partial charge is 0.497 e. The average Bonchev–Trinajstić information content (AvgIpc) is 2.84. The van der Waals surface area contributed by atoms with Crippen molar-refractivity contribution in [3.63, 3.8) is 0 Å². The summed E-state index contributed by atoms with van der Waals surface area (Å²) in [6.45, 7) is 1.21. The summed E-state index contributed by atoms with van der Waals surface area (Å²) in [6.07, 6.45) is 2.02. The van der Waals surface area contributed by atoms with Gasteiger partial charge >= 0.3 is 0 Å². The fourth-order valence-corrected chi connectivity index (χ4v) is 3.82. The van der Waals surface area contributed by atoms with E-state index in [-0.39, 0.29) is 24.1 Å². The molecule has 2 N–H and O–H groups in total. The second-order valence-electron chi connectivity index (χ2n) is 7.25. The van der Waals surface area contributed by atoms with Crippen LogP contribution in [0.15, 0.2) is 23.3 Å². The molecular weight excluding hydrogens is 364 g/mol. The van der Waals surface area contributed by atoms with E-state index < -0.39 is 5.60 Å². The zero-order valence-electron chi connectivity index (χ0n) is 15.6. The minimum Gasteiger partial charge on any atom is -0.497 e. The molecule has 148 valence electrons. The highest BCUT2D eigenvalue weighted by Crippen LogP contribution is 2.34. The van der Waals surface area contributed by atoms with Crippen molar-refractivity contribution in [2.24, 2.45) is 5.10 Å². The van der Waals surface area contributed by atoms with Crippen molar-refractivity contribution in [3.05, 3.63) is 23.8 Å². The Hall–Kier alpha value is -3.10. The third-order valence-electron chi connectivity index (χ3n) is 5.31. The highest BCUT2D eigenvalue weighted by atomic mass is 16.5. The van der Waals surface area contributed by atoms with E-state index >= 15 is 0 Å². The number of nitrogens with one attached hydrogen (secondary N) is 2. The standard InChI is InChI=1S/C19H22N4O5/c1-27-12-3-4-13-15(9-12)28-19(10-20-17(13)25)7-2-8-23(11-19)18(26)14-5-6-16(24)22-21-14/h3-4,9H,2,5-8,10-11H2,1H3,(H,20,25)(H,22,24). The molecule has 0 bridgehead atoms. The Bertz CT molecular complexity index is 868. The minimum absolute atomic E-state index is 0.188. The van der Waals surface area contributed by atoms with Crippen molar-refractivity contribution in [1.29, 1.82) is 0 Å². The molecule has 1 atom stereocenters. The van der Waals surface area contributed by atoms with E-state index in [0.717, 1.165) is 6.42 Å². The molecule has 1 fully saturated rings. The smallest absolute Gasteiger partial charge is 0.270 e. The number of nitrogens with zero attached hydrogens (tertiary/aromatic N) is 2. The van der Waals surface area contributed by atoms with E-state index in [1.807, 2.05) is 0 Å². The summed E-state index contributed by atoms with van der Waals surface area (Å²) in [5.74, 6) is 0.444. The lowest BCUT2D eigenvalue weighted by Gasteiger charge is -2.42. The zero-order chi connectivity index (χ0) is 19.7. The third kappa shape index (κ3) is 3.39. The number of hydrazone groups is 1. The van der Waals surface area contributed by atoms with Gasteiger partial charge in [-0.1, -0.05) is 0 Å². The maximum absolute atomic E-state index is 12.9. The number of benzene rings is 1. The number of methoxy groups -OCH3 is 1. The summed E-state index contributed by atoms with van der Waals surface area (Å²) in [6, 6.07) is 5.09. The summed E-state index contributed by atoms with van der Waals surface area (Å²) in [5.41, 5.74) is 2.43.